The molecule has 1 aromatic carbocycles. The minimum atomic E-state index is -0.901. The third-order valence-electron chi connectivity index (χ3n) is 2.04. The van der Waals surface area contributed by atoms with Crippen molar-refractivity contribution in [1.29, 1.82) is 0 Å². The normalized spacial score (nSPS) is 10.2. The zero-order chi connectivity index (χ0) is 10.8. The maximum absolute atomic E-state index is 10.6. The molecular weight excluding hydrogens is 210 g/mol. The predicted octanol–water partition coefficient (Wildman–Crippen LogP) is 2.82. The lowest BCUT2D eigenvalue weighted by Crippen LogP contribution is -1.94. The van der Waals surface area contributed by atoms with E-state index in [1.165, 1.54) is 11.5 Å². The summed E-state index contributed by atoms with van der Waals surface area (Å²) < 4.78 is 4.18. The number of rotatable bonds is 2. The highest BCUT2D eigenvalue weighted by molar-refractivity contribution is 7.09. The van der Waals surface area contributed by atoms with Gasteiger partial charge in [-0.15, -0.1) is 0 Å². The molecule has 0 aliphatic carbocycles. The van der Waals surface area contributed by atoms with Crippen molar-refractivity contribution in [2.45, 2.75) is 6.92 Å². The number of aromatic carboxylic acids is 1. The van der Waals surface area contributed by atoms with Gasteiger partial charge in [-0.25, -0.2) is 4.79 Å². The van der Waals surface area contributed by atoms with Crippen LogP contribution in [0.3, 0.4) is 0 Å². The van der Waals surface area contributed by atoms with Gasteiger partial charge in [0.25, 0.3) is 0 Å². The van der Waals surface area contributed by atoms with Crippen LogP contribution in [0.25, 0.3) is 10.4 Å². The molecule has 76 valence electrons. The van der Waals surface area contributed by atoms with E-state index in [9.17, 15) is 4.79 Å². The number of nitrogens with zero attached hydrogens (tertiary/aromatic N) is 1. The SMILES string of the molecule is Cc1cc(-c2ccc(C(=O)O)cc2)sn1. The molecule has 3 nitrogen and oxygen atoms in total. The van der Waals surface area contributed by atoms with Crippen molar-refractivity contribution in [2.75, 3.05) is 0 Å². The van der Waals surface area contributed by atoms with Crippen LogP contribution in [0.4, 0.5) is 0 Å². The van der Waals surface area contributed by atoms with Crippen LogP contribution in [-0.4, -0.2) is 15.4 Å². The van der Waals surface area contributed by atoms with Crippen LogP contribution < -0.4 is 0 Å². The van der Waals surface area contributed by atoms with E-state index in [1.807, 2.05) is 13.0 Å². The Kier molecular flexibility index (Phi) is 2.51. The summed E-state index contributed by atoms with van der Waals surface area (Å²) in [4.78, 5) is 11.7. The molecular formula is C11H9NO2S. The molecule has 0 spiro atoms. The Balaban J connectivity index is 2.35. The van der Waals surface area contributed by atoms with Crippen LogP contribution in [0.15, 0.2) is 30.3 Å². The second-order valence-electron chi connectivity index (χ2n) is 3.22. The minimum Gasteiger partial charge on any atom is -0.478 e. The average molecular weight is 219 g/mol. The van der Waals surface area contributed by atoms with Crippen molar-refractivity contribution in [2.24, 2.45) is 0 Å². The highest BCUT2D eigenvalue weighted by Gasteiger charge is 2.04. The number of hydrogen-bond acceptors (Lipinski definition) is 3. The minimum absolute atomic E-state index is 0.306. The number of carbonyl (C=O) groups is 1. The van der Waals surface area contributed by atoms with Gasteiger partial charge in [-0.3, -0.25) is 0 Å². The van der Waals surface area contributed by atoms with E-state index < -0.39 is 5.97 Å². The summed E-state index contributed by atoms with van der Waals surface area (Å²) >= 11 is 1.42. The lowest BCUT2D eigenvalue weighted by Gasteiger charge is -1.97. The molecule has 0 amide bonds. The van der Waals surface area contributed by atoms with E-state index in [0.29, 0.717) is 5.56 Å². The topological polar surface area (TPSA) is 50.2 Å². The van der Waals surface area contributed by atoms with Crippen molar-refractivity contribution in [1.82, 2.24) is 4.37 Å². The van der Waals surface area contributed by atoms with E-state index in [0.717, 1.165) is 16.1 Å². The Morgan fingerprint density at radius 2 is 2.00 bits per heavy atom. The first-order valence-electron chi connectivity index (χ1n) is 4.44. The maximum atomic E-state index is 10.6. The molecule has 1 heterocycles. The van der Waals surface area contributed by atoms with Crippen molar-refractivity contribution in [3.63, 3.8) is 0 Å². The number of aromatic nitrogens is 1. The third kappa shape index (κ3) is 2.05. The lowest BCUT2D eigenvalue weighted by molar-refractivity contribution is 0.0697. The summed E-state index contributed by atoms with van der Waals surface area (Å²) in [6.07, 6.45) is 0. The second-order valence-corrected chi connectivity index (χ2v) is 4.02. The van der Waals surface area contributed by atoms with Crippen LogP contribution >= 0.6 is 11.5 Å². The summed E-state index contributed by atoms with van der Waals surface area (Å²) in [6.45, 7) is 1.94. The van der Waals surface area contributed by atoms with Gasteiger partial charge in [0.2, 0.25) is 0 Å². The van der Waals surface area contributed by atoms with Crippen molar-refractivity contribution in [3.8, 4) is 10.4 Å². The molecule has 2 aromatic rings. The quantitative estimate of drug-likeness (QED) is 0.844. The first-order valence-corrected chi connectivity index (χ1v) is 5.21. The fourth-order valence-electron chi connectivity index (χ4n) is 1.28. The van der Waals surface area contributed by atoms with Gasteiger partial charge < -0.3 is 5.11 Å². The van der Waals surface area contributed by atoms with E-state index in [1.54, 1.807) is 24.3 Å². The van der Waals surface area contributed by atoms with Gasteiger partial charge in [-0.1, -0.05) is 12.1 Å². The van der Waals surface area contributed by atoms with E-state index in [-0.39, 0.29) is 0 Å². The summed E-state index contributed by atoms with van der Waals surface area (Å²) in [7, 11) is 0. The van der Waals surface area contributed by atoms with Gasteiger partial charge in [0.1, 0.15) is 0 Å². The molecule has 0 aliphatic rings. The van der Waals surface area contributed by atoms with Gasteiger partial charge in [-0.05, 0) is 42.2 Å². The molecule has 1 aromatic heterocycles. The van der Waals surface area contributed by atoms with Gasteiger partial charge in [-0.2, -0.15) is 4.37 Å². The third-order valence-corrected chi connectivity index (χ3v) is 2.97. The Hall–Kier alpha value is -1.68. The highest BCUT2D eigenvalue weighted by Crippen LogP contribution is 2.24. The van der Waals surface area contributed by atoms with E-state index in [4.69, 9.17) is 5.11 Å². The predicted molar refractivity (Wildman–Crippen MR) is 59.2 cm³/mol. The molecule has 0 saturated carbocycles. The molecule has 15 heavy (non-hydrogen) atoms. The number of benzene rings is 1. The molecule has 0 saturated heterocycles. The van der Waals surface area contributed by atoms with E-state index in [2.05, 4.69) is 4.37 Å². The Labute approximate surface area is 91.2 Å². The molecule has 1 N–H and O–H groups in total. The Morgan fingerprint density at radius 3 is 2.47 bits per heavy atom. The zero-order valence-corrected chi connectivity index (χ0v) is 8.91. The maximum Gasteiger partial charge on any atom is 0.335 e. The Bertz CT molecular complexity index is 488. The molecule has 0 bridgehead atoms. The van der Waals surface area contributed by atoms with Gasteiger partial charge in [0, 0.05) is 0 Å². The molecule has 0 fully saturated rings. The summed E-state index contributed by atoms with van der Waals surface area (Å²) in [5.74, 6) is -0.901. The standard InChI is InChI=1S/C11H9NO2S/c1-7-6-10(15-12-7)8-2-4-9(5-3-8)11(13)14/h2-6H,1H3,(H,13,14). The van der Waals surface area contributed by atoms with Crippen molar-refractivity contribution >= 4 is 17.5 Å². The van der Waals surface area contributed by atoms with Crippen molar-refractivity contribution < 1.29 is 9.90 Å². The van der Waals surface area contributed by atoms with Crippen LogP contribution in [0.1, 0.15) is 16.1 Å². The van der Waals surface area contributed by atoms with Crippen LogP contribution in [0.5, 0.6) is 0 Å². The lowest BCUT2D eigenvalue weighted by atomic mass is 10.1. The van der Waals surface area contributed by atoms with Gasteiger partial charge in [0.15, 0.2) is 0 Å². The number of aryl methyl sites for hydroxylation is 1. The highest BCUT2D eigenvalue weighted by atomic mass is 32.1. The monoisotopic (exact) mass is 219 g/mol. The van der Waals surface area contributed by atoms with Crippen molar-refractivity contribution in [3.05, 3.63) is 41.6 Å². The molecule has 0 atom stereocenters. The average Bonchev–Trinajstić information content (AvgIpc) is 2.65. The fourth-order valence-corrected chi connectivity index (χ4v) is 2.04. The first-order chi connectivity index (χ1) is 7.16. The molecule has 4 heteroatoms. The summed E-state index contributed by atoms with van der Waals surface area (Å²) in [5.41, 5.74) is 2.29. The van der Waals surface area contributed by atoms with E-state index >= 15 is 0 Å². The second kappa shape index (κ2) is 3.82. The number of carboxylic acids is 1. The van der Waals surface area contributed by atoms with Crippen LogP contribution in [0, 0.1) is 6.92 Å². The summed E-state index contributed by atoms with van der Waals surface area (Å²) in [5, 5.41) is 8.74. The van der Waals surface area contributed by atoms with Gasteiger partial charge in [0.05, 0.1) is 16.1 Å². The first kappa shape index (κ1) is 9.86. The molecule has 0 unspecified atom stereocenters. The van der Waals surface area contributed by atoms with Gasteiger partial charge >= 0.3 is 5.97 Å². The fraction of sp³-hybridized carbons (Fsp3) is 0.0909. The zero-order valence-electron chi connectivity index (χ0n) is 8.10. The molecule has 0 radical (unpaired) electrons. The number of carboxylic acid groups (broad SMARTS) is 1. The molecule has 2 rings (SSSR count). The summed E-state index contributed by atoms with van der Waals surface area (Å²) in [6, 6.07) is 8.80. The Morgan fingerprint density at radius 1 is 1.33 bits per heavy atom. The smallest absolute Gasteiger partial charge is 0.335 e. The van der Waals surface area contributed by atoms with Crippen LogP contribution in [0.2, 0.25) is 0 Å². The largest absolute Gasteiger partial charge is 0.478 e. The number of hydrogen-bond donors (Lipinski definition) is 1. The van der Waals surface area contributed by atoms with Crippen LogP contribution in [-0.2, 0) is 0 Å². The molecule has 0 aliphatic heterocycles.